The van der Waals surface area contributed by atoms with Gasteiger partial charge in [0.15, 0.2) is 6.10 Å². The molecule has 2 nitrogen and oxygen atoms in total. The Morgan fingerprint density at radius 1 is 1.42 bits per heavy atom. The average Bonchev–Trinajstić information content (AvgIpc) is 1.95. The average molecular weight is 182 g/mol. The van der Waals surface area contributed by atoms with Crippen LogP contribution in [-0.2, 0) is 9.53 Å². The molecule has 1 aliphatic rings. The van der Waals surface area contributed by atoms with Gasteiger partial charge in [-0.15, -0.1) is 5.54 Å². The lowest BCUT2D eigenvalue weighted by atomic mass is 10.0. The number of rotatable bonds is 0. The molecule has 0 aliphatic carbocycles. The van der Waals surface area contributed by atoms with Gasteiger partial charge in [0.05, 0.1) is 0 Å². The lowest BCUT2D eigenvalue weighted by Gasteiger charge is -2.28. The molecule has 0 saturated carbocycles. The number of hydrogen-bond donors (Lipinski definition) is 0. The summed E-state index contributed by atoms with van der Waals surface area (Å²) in [6.07, 6.45) is -0.135. The number of esters is 1. The van der Waals surface area contributed by atoms with Gasteiger partial charge in [-0.3, -0.25) is 4.79 Å². The van der Waals surface area contributed by atoms with E-state index in [0.717, 1.165) is 0 Å². The minimum Gasteiger partial charge on any atom is -0.448 e. The van der Waals surface area contributed by atoms with E-state index in [1.165, 1.54) is 0 Å². The third kappa shape index (κ3) is 2.11. The summed E-state index contributed by atoms with van der Waals surface area (Å²) in [4.78, 5) is 10.7. The molecule has 0 amide bonds. The Balaban J connectivity index is 2.52. The van der Waals surface area contributed by atoms with Crippen molar-refractivity contribution >= 4 is 14.0 Å². The smallest absolute Gasteiger partial charge is 0.314 e. The number of carbonyl (C=O) groups excluding carboxylic acids is 1. The third-order valence-electron chi connectivity index (χ3n) is 1.66. The SMILES string of the molecule is C[C@H]1C(=O)O[C@@H]1C#C[Si](C)(C)C. The van der Waals surface area contributed by atoms with Gasteiger partial charge in [0.25, 0.3) is 0 Å². The van der Waals surface area contributed by atoms with Crippen LogP contribution in [0.1, 0.15) is 6.92 Å². The molecule has 0 unspecified atom stereocenters. The zero-order chi connectivity index (χ0) is 9.35. The van der Waals surface area contributed by atoms with Crippen molar-refractivity contribution in [3.8, 4) is 11.5 Å². The highest BCUT2D eigenvalue weighted by Crippen LogP contribution is 2.20. The summed E-state index contributed by atoms with van der Waals surface area (Å²) in [7, 11) is -1.31. The Bertz CT molecular complexity index is 254. The number of cyclic esters (lactones) is 1. The monoisotopic (exact) mass is 182 g/mol. The number of carbonyl (C=O) groups is 1. The van der Waals surface area contributed by atoms with E-state index in [1.54, 1.807) is 0 Å². The van der Waals surface area contributed by atoms with Gasteiger partial charge in [-0.1, -0.05) is 25.6 Å². The van der Waals surface area contributed by atoms with Crippen molar-refractivity contribution in [2.75, 3.05) is 0 Å². The van der Waals surface area contributed by atoms with Crippen LogP contribution in [0.2, 0.25) is 19.6 Å². The molecule has 1 aliphatic heterocycles. The van der Waals surface area contributed by atoms with E-state index in [2.05, 4.69) is 31.1 Å². The van der Waals surface area contributed by atoms with Crippen molar-refractivity contribution in [2.24, 2.45) is 5.92 Å². The Morgan fingerprint density at radius 3 is 2.33 bits per heavy atom. The second-order valence-corrected chi connectivity index (χ2v) is 8.92. The maximum atomic E-state index is 10.7. The minimum absolute atomic E-state index is 0.0196. The maximum absolute atomic E-state index is 10.7. The van der Waals surface area contributed by atoms with E-state index in [-0.39, 0.29) is 18.0 Å². The molecular formula is C9H14O2Si. The number of hydrogen-bond acceptors (Lipinski definition) is 2. The van der Waals surface area contributed by atoms with Crippen LogP contribution >= 0.6 is 0 Å². The highest BCUT2D eigenvalue weighted by Gasteiger charge is 2.37. The van der Waals surface area contributed by atoms with Gasteiger partial charge in [-0.05, 0) is 6.92 Å². The van der Waals surface area contributed by atoms with Crippen molar-refractivity contribution < 1.29 is 9.53 Å². The first-order chi connectivity index (χ1) is 5.40. The largest absolute Gasteiger partial charge is 0.448 e. The van der Waals surface area contributed by atoms with Crippen LogP contribution in [0.25, 0.3) is 0 Å². The summed E-state index contributed by atoms with van der Waals surface area (Å²) in [6, 6.07) is 0. The van der Waals surface area contributed by atoms with Gasteiger partial charge in [0, 0.05) is 0 Å². The fourth-order valence-corrected chi connectivity index (χ4v) is 1.40. The molecule has 12 heavy (non-hydrogen) atoms. The van der Waals surface area contributed by atoms with Crippen molar-refractivity contribution in [1.29, 1.82) is 0 Å². The fraction of sp³-hybridized carbons (Fsp3) is 0.667. The van der Waals surface area contributed by atoms with E-state index in [0.29, 0.717) is 0 Å². The zero-order valence-corrected chi connectivity index (χ0v) is 8.97. The molecule has 0 aromatic rings. The molecular weight excluding hydrogens is 168 g/mol. The van der Waals surface area contributed by atoms with Gasteiger partial charge in [-0.25, -0.2) is 0 Å². The van der Waals surface area contributed by atoms with Crippen LogP contribution in [0, 0.1) is 17.4 Å². The molecule has 1 fully saturated rings. The summed E-state index contributed by atoms with van der Waals surface area (Å²) in [5.41, 5.74) is 3.19. The first kappa shape index (κ1) is 9.34. The van der Waals surface area contributed by atoms with Crippen molar-refractivity contribution in [2.45, 2.75) is 32.7 Å². The lowest BCUT2D eigenvalue weighted by molar-refractivity contribution is -0.175. The Morgan fingerprint density at radius 2 is 2.00 bits per heavy atom. The molecule has 0 spiro atoms. The van der Waals surface area contributed by atoms with Crippen molar-refractivity contribution in [3.05, 3.63) is 0 Å². The third-order valence-corrected chi connectivity index (χ3v) is 2.55. The second kappa shape index (κ2) is 2.95. The summed E-state index contributed by atoms with van der Waals surface area (Å²) in [6.45, 7) is 8.37. The lowest BCUT2D eigenvalue weighted by Crippen LogP contribution is -2.42. The number of ether oxygens (including phenoxy) is 1. The van der Waals surface area contributed by atoms with Crippen molar-refractivity contribution in [1.82, 2.24) is 0 Å². The molecule has 0 aromatic carbocycles. The molecule has 1 rings (SSSR count). The topological polar surface area (TPSA) is 26.3 Å². The predicted molar refractivity (Wildman–Crippen MR) is 50.2 cm³/mol. The zero-order valence-electron chi connectivity index (χ0n) is 7.97. The van der Waals surface area contributed by atoms with Crippen LogP contribution in [0.3, 0.4) is 0 Å². The van der Waals surface area contributed by atoms with Crippen LogP contribution in [-0.4, -0.2) is 20.1 Å². The van der Waals surface area contributed by atoms with Gasteiger partial charge >= 0.3 is 5.97 Å². The molecule has 0 radical (unpaired) electrons. The van der Waals surface area contributed by atoms with Gasteiger partial charge < -0.3 is 4.74 Å². The van der Waals surface area contributed by atoms with Crippen LogP contribution < -0.4 is 0 Å². The normalized spacial score (nSPS) is 28.2. The van der Waals surface area contributed by atoms with Crippen LogP contribution in [0.4, 0.5) is 0 Å². The Kier molecular flexibility index (Phi) is 2.29. The van der Waals surface area contributed by atoms with E-state index in [4.69, 9.17) is 4.74 Å². The van der Waals surface area contributed by atoms with Gasteiger partial charge in [0.1, 0.15) is 14.0 Å². The fourth-order valence-electron chi connectivity index (χ4n) is 0.828. The molecule has 0 bridgehead atoms. The molecule has 0 N–H and O–H groups in total. The second-order valence-electron chi connectivity index (χ2n) is 4.17. The standard InChI is InChI=1S/C9H14O2Si/c1-7-8(11-9(7)10)5-6-12(2,3)4/h7-8H,1-4H3/t7-,8-/m1/s1. The van der Waals surface area contributed by atoms with Gasteiger partial charge in [-0.2, -0.15) is 0 Å². The molecule has 3 heteroatoms. The summed E-state index contributed by atoms with van der Waals surface area (Å²) >= 11 is 0. The van der Waals surface area contributed by atoms with Crippen LogP contribution in [0.15, 0.2) is 0 Å². The first-order valence-electron chi connectivity index (χ1n) is 4.13. The highest BCUT2D eigenvalue weighted by molar-refractivity contribution is 6.83. The minimum atomic E-state index is -1.31. The Labute approximate surface area is 74.3 Å². The molecule has 2 atom stereocenters. The van der Waals surface area contributed by atoms with E-state index < -0.39 is 8.07 Å². The molecule has 1 saturated heterocycles. The Hall–Kier alpha value is -0.753. The molecule has 66 valence electrons. The van der Waals surface area contributed by atoms with E-state index in [1.807, 2.05) is 6.92 Å². The predicted octanol–water partition coefficient (Wildman–Crippen LogP) is 1.43. The quantitative estimate of drug-likeness (QED) is 0.322. The highest BCUT2D eigenvalue weighted by atomic mass is 28.3. The summed E-state index contributed by atoms with van der Waals surface area (Å²) in [5.74, 6) is 2.87. The van der Waals surface area contributed by atoms with Crippen LogP contribution in [0.5, 0.6) is 0 Å². The van der Waals surface area contributed by atoms with E-state index in [9.17, 15) is 4.79 Å². The summed E-state index contributed by atoms with van der Waals surface area (Å²) in [5, 5.41) is 0. The van der Waals surface area contributed by atoms with Gasteiger partial charge in [0.2, 0.25) is 0 Å². The summed E-state index contributed by atoms with van der Waals surface area (Å²) < 4.78 is 4.86. The first-order valence-corrected chi connectivity index (χ1v) is 7.63. The van der Waals surface area contributed by atoms with E-state index >= 15 is 0 Å². The maximum Gasteiger partial charge on any atom is 0.314 e. The molecule has 0 aromatic heterocycles. The van der Waals surface area contributed by atoms with Crippen molar-refractivity contribution in [3.63, 3.8) is 0 Å². The molecule has 1 heterocycles.